The van der Waals surface area contributed by atoms with E-state index in [9.17, 15) is 9.90 Å². The third-order valence-corrected chi connectivity index (χ3v) is 5.73. The van der Waals surface area contributed by atoms with E-state index in [-0.39, 0.29) is 0 Å². The number of likely N-dealkylation sites (tertiary alicyclic amines) is 1. The lowest BCUT2D eigenvalue weighted by Crippen LogP contribution is -2.61. The SMILES string of the molecule is CCNC(CN1CCC2CCCCC21)(C(=O)O)C1CC1. The Bertz CT molecular complexity index is 369. The molecule has 1 aliphatic heterocycles. The van der Waals surface area contributed by atoms with Gasteiger partial charge in [-0.05, 0) is 57.0 Å². The van der Waals surface area contributed by atoms with Crippen molar-refractivity contribution >= 4 is 5.97 Å². The Hall–Kier alpha value is -0.610. The van der Waals surface area contributed by atoms with Crippen LogP contribution in [0.2, 0.25) is 0 Å². The van der Waals surface area contributed by atoms with Crippen LogP contribution in [0.3, 0.4) is 0 Å². The van der Waals surface area contributed by atoms with Gasteiger partial charge in [0.1, 0.15) is 5.54 Å². The number of likely N-dealkylation sites (N-methyl/N-ethyl adjacent to an activating group) is 1. The minimum atomic E-state index is -0.693. The topological polar surface area (TPSA) is 52.6 Å². The number of carboxylic acid groups (broad SMARTS) is 1. The van der Waals surface area contributed by atoms with Crippen LogP contribution in [0.1, 0.15) is 51.9 Å². The van der Waals surface area contributed by atoms with Gasteiger partial charge >= 0.3 is 5.97 Å². The third-order valence-electron chi connectivity index (χ3n) is 5.73. The lowest BCUT2D eigenvalue weighted by molar-refractivity contribution is -0.147. The molecule has 3 fully saturated rings. The van der Waals surface area contributed by atoms with Crippen LogP contribution in [0.25, 0.3) is 0 Å². The predicted molar refractivity (Wildman–Crippen MR) is 78.7 cm³/mol. The van der Waals surface area contributed by atoms with E-state index in [1.165, 1.54) is 32.1 Å². The lowest BCUT2D eigenvalue weighted by atomic mass is 9.84. The first-order chi connectivity index (χ1) is 9.67. The van der Waals surface area contributed by atoms with Crippen molar-refractivity contribution in [3.63, 3.8) is 0 Å². The van der Waals surface area contributed by atoms with E-state index >= 15 is 0 Å². The smallest absolute Gasteiger partial charge is 0.325 e. The van der Waals surface area contributed by atoms with Gasteiger partial charge in [-0.15, -0.1) is 0 Å². The first-order valence-electron chi connectivity index (χ1n) is 8.40. The molecule has 0 aromatic rings. The summed E-state index contributed by atoms with van der Waals surface area (Å²) in [7, 11) is 0. The average molecular weight is 280 g/mol. The molecule has 0 spiro atoms. The van der Waals surface area contributed by atoms with Gasteiger partial charge in [-0.1, -0.05) is 19.8 Å². The molecule has 1 heterocycles. The molecule has 20 heavy (non-hydrogen) atoms. The quantitative estimate of drug-likeness (QED) is 0.782. The Morgan fingerprint density at radius 1 is 1.25 bits per heavy atom. The second kappa shape index (κ2) is 5.64. The number of hydrogen-bond acceptors (Lipinski definition) is 3. The standard InChI is InChI=1S/C16H28N2O2/c1-2-17-16(15(19)20,13-7-8-13)11-18-10-9-12-5-3-4-6-14(12)18/h12-14,17H,2-11H2,1H3,(H,19,20). The number of nitrogens with zero attached hydrogens (tertiary/aromatic N) is 1. The highest BCUT2D eigenvalue weighted by Crippen LogP contribution is 2.43. The van der Waals surface area contributed by atoms with Crippen molar-refractivity contribution in [1.82, 2.24) is 10.2 Å². The zero-order valence-corrected chi connectivity index (χ0v) is 12.6. The van der Waals surface area contributed by atoms with Gasteiger partial charge in [-0.25, -0.2) is 0 Å². The highest BCUT2D eigenvalue weighted by molar-refractivity contribution is 5.80. The van der Waals surface area contributed by atoms with Crippen LogP contribution >= 0.6 is 0 Å². The summed E-state index contributed by atoms with van der Waals surface area (Å²) in [6, 6.07) is 0.653. The third kappa shape index (κ3) is 2.48. The fourth-order valence-corrected chi connectivity index (χ4v) is 4.56. The van der Waals surface area contributed by atoms with E-state index in [4.69, 9.17) is 0 Å². The van der Waals surface area contributed by atoms with E-state index in [0.717, 1.165) is 31.8 Å². The molecule has 3 unspecified atom stereocenters. The van der Waals surface area contributed by atoms with E-state index in [0.29, 0.717) is 18.5 Å². The molecule has 0 aromatic heterocycles. The van der Waals surface area contributed by atoms with Crippen molar-refractivity contribution in [3.05, 3.63) is 0 Å². The Balaban J connectivity index is 1.74. The Morgan fingerprint density at radius 3 is 2.65 bits per heavy atom. The molecule has 0 bridgehead atoms. The molecule has 3 aliphatic rings. The maximum absolute atomic E-state index is 12.0. The molecular weight excluding hydrogens is 252 g/mol. The first kappa shape index (κ1) is 14.3. The van der Waals surface area contributed by atoms with E-state index in [1.54, 1.807) is 0 Å². The molecule has 2 saturated carbocycles. The van der Waals surface area contributed by atoms with Crippen molar-refractivity contribution in [2.75, 3.05) is 19.6 Å². The molecule has 0 aromatic carbocycles. The van der Waals surface area contributed by atoms with Gasteiger partial charge < -0.3 is 10.4 Å². The predicted octanol–water partition coefficient (Wildman–Crippen LogP) is 2.09. The van der Waals surface area contributed by atoms with Crippen molar-refractivity contribution < 1.29 is 9.90 Å². The van der Waals surface area contributed by atoms with Crippen molar-refractivity contribution in [1.29, 1.82) is 0 Å². The maximum atomic E-state index is 12.0. The molecule has 0 radical (unpaired) electrons. The van der Waals surface area contributed by atoms with Gasteiger partial charge in [-0.2, -0.15) is 0 Å². The lowest BCUT2D eigenvalue weighted by Gasteiger charge is -2.39. The second-order valence-electron chi connectivity index (χ2n) is 6.95. The molecule has 3 atom stereocenters. The number of fused-ring (bicyclic) bond motifs is 1. The highest BCUT2D eigenvalue weighted by atomic mass is 16.4. The zero-order valence-electron chi connectivity index (χ0n) is 12.6. The molecule has 4 nitrogen and oxygen atoms in total. The number of aliphatic carboxylic acids is 1. The summed E-state index contributed by atoms with van der Waals surface area (Å²) >= 11 is 0. The van der Waals surface area contributed by atoms with Crippen LogP contribution in [0.4, 0.5) is 0 Å². The molecule has 3 rings (SSSR count). The van der Waals surface area contributed by atoms with Gasteiger partial charge in [-0.3, -0.25) is 9.69 Å². The van der Waals surface area contributed by atoms with Crippen LogP contribution in [0, 0.1) is 11.8 Å². The zero-order chi connectivity index (χ0) is 14.2. The summed E-state index contributed by atoms with van der Waals surface area (Å²) in [5, 5.41) is 13.2. The van der Waals surface area contributed by atoms with E-state index in [2.05, 4.69) is 10.2 Å². The minimum absolute atomic E-state index is 0.336. The summed E-state index contributed by atoms with van der Waals surface area (Å²) in [5.41, 5.74) is -0.693. The maximum Gasteiger partial charge on any atom is 0.325 e. The van der Waals surface area contributed by atoms with Crippen molar-refractivity contribution in [2.45, 2.75) is 63.5 Å². The largest absolute Gasteiger partial charge is 0.480 e. The van der Waals surface area contributed by atoms with Gasteiger partial charge in [0.15, 0.2) is 0 Å². The monoisotopic (exact) mass is 280 g/mol. The van der Waals surface area contributed by atoms with Gasteiger partial charge in [0.25, 0.3) is 0 Å². The van der Waals surface area contributed by atoms with Crippen molar-refractivity contribution in [2.24, 2.45) is 11.8 Å². The summed E-state index contributed by atoms with van der Waals surface area (Å²) < 4.78 is 0. The fraction of sp³-hybridized carbons (Fsp3) is 0.938. The molecule has 2 N–H and O–H groups in total. The molecule has 114 valence electrons. The Labute approximate surface area is 121 Å². The van der Waals surface area contributed by atoms with E-state index in [1.807, 2.05) is 6.92 Å². The molecular formula is C16H28N2O2. The molecule has 4 heteroatoms. The number of rotatable bonds is 6. The molecule has 1 saturated heterocycles. The first-order valence-corrected chi connectivity index (χ1v) is 8.40. The number of nitrogens with one attached hydrogen (secondary N) is 1. The van der Waals surface area contributed by atoms with Crippen molar-refractivity contribution in [3.8, 4) is 0 Å². The summed E-state index contributed by atoms with van der Waals surface area (Å²) in [6.45, 7) is 4.57. The summed E-state index contributed by atoms with van der Waals surface area (Å²) in [4.78, 5) is 14.5. The number of hydrogen-bond donors (Lipinski definition) is 2. The van der Waals surface area contributed by atoms with Crippen LogP contribution in [-0.2, 0) is 4.79 Å². The van der Waals surface area contributed by atoms with Gasteiger partial charge in [0, 0.05) is 12.6 Å². The van der Waals surface area contributed by atoms with Crippen LogP contribution < -0.4 is 5.32 Å². The van der Waals surface area contributed by atoms with Gasteiger partial charge in [0.2, 0.25) is 0 Å². The molecule has 2 aliphatic carbocycles. The minimum Gasteiger partial charge on any atom is -0.480 e. The average Bonchev–Trinajstić information content (AvgIpc) is 3.21. The van der Waals surface area contributed by atoms with Crippen LogP contribution in [0.5, 0.6) is 0 Å². The second-order valence-corrected chi connectivity index (χ2v) is 6.95. The fourth-order valence-electron chi connectivity index (χ4n) is 4.56. The molecule has 0 amide bonds. The normalized spacial score (nSPS) is 33.6. The summed E-state index contributed by atoms with van der Waals surface area (Å²) in [5.74, 6) is 0.528. The Kier molecular flexibility index (Phi) is 4.04. The van der Waals surface area contributed by atoms with Gasteiger partial charge in [0.05, 0.1) is 0 Å². The number of carbonyl (C=O) groups is 1. The van der Waals surface area contributed by atoms with E-state index < -0.39 is 11.5 Å². The van der Waals surface area contributed by atoms with Crippen LogP contribution in [-0.4, -0.2) is 47.2 Å². The Morgan fingerprint density at radius 2 is 2.00 bits per heavy atom. The van der Waals surface area contributed by atoms with Crippen LogP contribution in [0.15, 0.2) is 0 Å². The highest BCUT2D eigenvalue weighted by Gasteiger charge is 2.53. The summed E-state index contributed by atoms with van der Waals surface area (Å²) in [6.07, 6.45) is 8.74. The number of carboxylic acids is 1.